The Morgan fingerprint density at radius 1 is 1.41 bits per heavy atom. The van der Waals surface area contributed by atoms with Gasteiger partial charge in [0.2, 0.25) is 5.89 Å². The molecule has 0 bridgehead atoms. The highest BCUT2D eigenvalue weighted by Crippen LogP contribution is 2.31. The summed E-state index contributed by atoms with van der Waals surface area (Å²) in [6.45, 7) is 9.28. The number of hydrogen-bond acceptors (Lipinski definition) is 5. The maximum Gasteiger partial charge on any atom is 0.243 e. The van der Waals surface area contributed by atoms with Gasteiger partial charge in [0, 0.05) is 29.8 Å². The Labute approximate surface area is 131 Å². The first kappa shape index (κ1) is 15.2. The van der Waals surface area contributed by atoms with Crippen LogP contribution in [0.25, 0.3) is 0 Å². The van der Waals surface area contributed by atoms with Gasteiger partial charge in [0.15, 0.2) is 5.82 Å². The fourth-order valence-corrected chi connectivity index (χ4v) is 3.10. The van der Waals surface area contributed by atoms with Crippen LogP contribution in [-0.2, 0) is 13.0 Å². The molecular weight excluding hydrogens is 278 g/mol. The highest BCUT2D eigenvalue weighted by Gasteiger charge is 2.26. The lowest BCUT2D eigenvalue weighted by atomic mass is 9.92. The molecule has 0 radical (unpaired) electrons. The quantitative estimate of drug-likeness (QED) is 0.919. The average molecular weight is 303 g/mol. The van der Waals surface area contributed by atoms with E-state index in [1.807, 2.05) is 6.20 Å². The van der Waals surface area contributed by atoms with Crippen molar-refractivity contribution in [2.45, 2.75) is 71.5 Å². The van der Waals surface area contributed by atoms with Crippen LogP contribution in [0.4, 0.5) is 0 Å². The zero-order chi connectivity index (χ0) is 15.7. The molecule has 0 spiro atoms. The van der Waals surface area contributed by atoms with Gasteiger partial charge in [-0.3, -0.25) is 10.00 Å². The van der Waals surface area contributed by atoms with E-state index in [9.17, 15) is 0 Å². The van der Waals surface area contributed by atoms with Gasteiger partial charge in [0.25, 0.3) is 0 Å². The van der Waals surface area contributed by atoms with Crippen molar-refractivity contribution in [3.05, 3.63) is 29.2 Å². The SMILES string of the molecule is CCn1ncc2c1CCC[C@@H]2N[C@H](C)c1nc(C(C)C)no1. The van der Waals surface area contributed by atoms with E-state index in [4.69, 9.17) is 4.52 Å². The Kier molecular flexibility index (Phi) is 4.29. The van der Waals surface area contributed by atoms with E-state index in [1.54, 1.807) is 0 Å². The largest absolute Gasteiger partial charge is 0.338 e. The Bertz CT molecular complexity index is 630. The molecular formula is C16H25N5O. The summed E-state index contributed by atoms with van der Waals surface area (Å²) < 4.78 is 7.51. The molecule has 6 heteroatoms. The standard InChI is InChI=1S/C16H25N5O/c1-5-21-14-8-6-7-13(12(14)9-17-21)18-11(4)16-19-15(10(2)3)20-22-16/h9-11,13,18H,5-8H2,1-4H3/t11-,13+/m1/s1. The first-order valence-corrected chi connectivity index (χ1v) is 8.24. The number of aromatic nitrogens is 4. The van der Waals surface area contributed by atoms with Gasteiger partial charge in [0.05, 0.1) is 12.2 Å². The number of nitrogens with zero attached hydrogens (tertiary/aromatic N) is 4. The molecule has 0 unspecified atom stereocenters. The molecule has 0 aromatic carbocycles. The highest BCUT2D eigenvalue weighted by atomic mass is 16.5. The Morgan fingerprint density at radius 3 is 2.91 bits per heavy atom. The fraction of sp³-hybridized carbons (Fsp3) is 0.688. The minimum Gasteiger partial charge on any atom is -0.338 e. The second-order valence-corrected chi connectivity index (χ2v) is 6.34. The van der Waals surface area contributed by atoms with Crippen LogP contribution in [-0.4, -0.2) is 19.9 Å². The Hall–Kier alpha value is -1.69. The molecule has 0 fully saturated rings. The Balaban J connectivity index is 1.74. The molecule has 3 rings (SSSR count). The molecule has 2 heterocycles. The molecule has 0 saturated heterocycles. The smallest absolute Gasteiger partial charge is 0.243 e. The lowest BCUT2D eigenvalue weighted by Gasteiger charge is -2.26. The molecule has 0 saturated carbocycles. The summed E-state index contributed by atoms with van der Waals surface area (Å²) in [5.74, 6) is 1.72. The van der Waals surface area contributed by atoms with E-state index in [-0.39, 0.29) is 12.0 Å². The zero-order valence-electron chi connectivity index (χ0n) is 13.8. The van der Waals surface area contributed by atoms with Gasteiger partial charge in [-0.1, -0.05) is 19.0 Å². The normalized spacial score (nSPS) is 19.4. The predicted octanol–water partition coefficient (Wildman–Crippen LogP) is 3.14. The number of fused-ring (bicyclic) bond motifs is 1. The third kappa shape index (κ3) is 2.79. The summed E-state index contributed by atoms with van der Waals surface area (Å²) in [6.07, 6.45) is 5.44. The van der Waals surface area contributed by atoms with Crippen LogP contribution in [0.15, 0.2) is 10.7 Å². The van der Waals surface area contributed by atoms with E-state index >= 15 is 0 Å². The van der Waals surface area contributed by atoms with Gasteiger partial charge >= 0.3 is 0 Å². The summed E-state index contributed by atoms with van der Waals surface area (Å²) in [5.41, 5.74) is 2.69. The van der Waals surface area contributed by atoms with Crippen molar-refractivity contribution in [3.63, 3.8) is 0 Å². The van der Waals surface area contributed by atoms with Gasteiger partial charge in [-0.2, -0.15) is 10.1 Å². The second-order valence-electron chi connectivity index (χ2n) is 6.34. The van der Waals surface area contributed by atoms with Crippen LogP contribution < -0.4 is 5.32 Å². The van der Waals surface area contributed by atoms with E-state index in [0.29, 0.717) is 11.9 Å². The minimum absolute atomic E-state index is 0.0425. The van der Waals surface area contributed by atoms with Crippen molar-refractivity contribution in [1.29, 1.82) is 0 Å². The molecule has 2 aromatic rings. The predicted molar refractivity (Wildman–Crippen MR) is 83.5 cm³/mol. The van der Waals surface area contributed by atoms with Crippen molar-refractivity contribution < 1.29 is 4.52 Å². The van der Waals surface area contributed by atoms with Gasteiger partial charge < -0.3 is 4.52 Å². The topological polar surface area (TPSA) is 68.8 Å². The van der Waals surface area contributed by atoms with Gasteiger partial charge in [-0.05, 0) is 33.1 Å². The first-order chi connectivity index (χ1) is 10.6. The van der Waals surface area contributed by atoms with E-state index < -0.39 is 0 Å². The van der Waals surface area contributed by atoms with E-state index in [2.05, 4.69) is 52.9 Å². The van der Waals surface area contributed by atoms with Crippen molar-refractivity contribution in [2.24, 2.45) is 0 Å². The molecule has 22 heavy (non-hydrogen) atoms. The molecule has 120 valence electrons. The molecule has 6 nitrogen and oxygen atoms in total. The van der Waals surface area contributed by atoms with Crippen LogP contribution >= 0.6 is 0 Å². The monoisotopic (exact) mass is 303 g/mol. The molecule has 0 aliphatic heterocycles. The maximum atomic E-state index is 5.40. The molecule has 0 amide bonds. The maximum absolute atomic E-state index is 5.40. The fourth-order valence-electron chi connectivity index (χ4n) is 3.10. The van der Waals surface area contributed by atoms with Gasteiger partial charge in [0.1, 0.15) is 0 Å². The Morgan fingerprint density at radius 2 is 2.23 bits per heavy atom. The molecule has 1 N–H and O–H groups in total. The lowest BCUT2D eigenvalue weighted by molar-refractivity contribution is 0.311. The van der Waals surface area contributed by atoms with Crippen LogP contribution in [0.5, 0.6) is 0 Å². The summed E-state index contributed by atoms with van der Waals surface area (Å²) in [4.78, 5) is 4.49. The summed E-state index contributed by atoms with van der Waals surface area (Å²) in [5, 5.41) is 12.2. The van der Waals surface area contributed by atoms with Crippen molar-refractivity contribution >= 4 is 0 Å². The van der Waals surface area contributed by atoms with Crippen LogP contribution in [0, 0.1) is 0 Å². The van der Waals surface area contributed by atoms with Gasteiger partial charge in [-0.25, -0.2) is 0 Å². The summed E-state index contributed by atoms with van der Waals surface area (Å²) in [6, 6.07) is 0.356. The van der Waals surface area contributed by atoms with Crippen LogP contribution in [0.3, 0.4) is 0 Å². The second kappa shape index (κ2) is 6.20. The zero-order valence-corrected chi connectivity index (χ0v) is 13.8. The third-order valence-electron chi connectivity index (χ3n) is 4.36. The minimum atomic E-state index is 0.0425. The molecule has 2 atom stereocenters. The van der Waals surface area contributed by atoms with Crippen LogP contribution in [0.1, 0.15) is 81.5 Å². The molecule has 2 aromatic heterocycles. The van der Waals surface area contributed by atoms with Crippen molar-refractivity contribution in [1.82, 2.24) is 25.2 Å². The van der Waals surface area contributed by atoms with Crippen molar-refractivity contribution in [3.8, 4) is 0 Å². The third-order valence-corrected chi connectivity index (χ3v) is 4.36. The lowest BCUT2D eigenvalue weighted by Crippen LogP contribution is -2.28. The average Bonchev–Trinajstić information content (AvgIpc) is 3.14. The molecule has 1 aliphatic rings. The van der Waals surface area contributed by atoms with E-state index in [1.165, 1.54) is 17.7 Å². The number of aryl methyl sites for hydroxylation is 1. The van der Waals surface area contributed by atoms with E-state index in [0.717, 1.165) is 25.2 Å². The summed E-state index contributed by atoms with van der Waals surface area (Å²) in [7, 11) is 0. The van der Waals surface area contributed by atoms with Gasteiger partial charge in [-0.15, -0.1) is 0 Å². The highest BCUT2D eigenvalue weighted by molar-refractivity contribution is 5.25. The number of hydrogen-bond donors (Lipinski definition) is 1. The van der Waals surface area contributed by atoms with Crippen LogP contribution in [0.2, 0.25) is 0 Å². The molecule has 1 aliphatic carbocycles. The number of nitrogens with one attached hydrogen (secondary N) is 1. The number of rotatable bonds is 5. The van der Waals surface area contributed by atoms with Crippen molar-refractivity contribution in [2.75, 3.05) is 0 Å². The first-order valence-electron chi connectivity index (χ1n) is 8.24. The summed E-state index contributed by atoms with van der Waals surface area (Å²) >= 11 is 0.